The van der Waals surface area contributed by atoms with Crippen LogP contribution < -0.4 is 5.73 Å². The Hall–Kier alpha value is -0.150. The predicted octanol–water partition coefficient (Wildman–Crippen LogP) is 2.03. The van der Waals surface area contributed by atoms with Crippen molar-refractivity contribution in [3.05, 3.63) is 0 Å². The summed E-state index contributed by atoms with van der Waals surface area (Å²) in [5, 5.41) is 0. The molecule has 3 heteroatoms. The fraction of sp³-hybridized carbons (Fsp3) is 0.900. The highest BCUT2D eigenvalue weighted by Gasteiger charge is 2.17. The number of rotatable bonds is 4. The molecular formula is C10H22N2S. The summed E-state index contributed by atoms with van der Waals surface area (Å²) in [6.07, 6.45) is 0.807. The molecule has 1 unspecified atom stereocenters. The van der Waals surface area contributed by atoms with Gasteiger partial charge < -0.3 is 10.6 Å². The van der Waals surface area contributed by atoms with E-state index in [1.807, 2.05) is 0 Å². The first-order valence-corrected chi connectivity index (χ1v) is 5.12. The van der Waals surface area contributed by atoms with Gasteiger partial charge in [0.25, 0.3) is 0 Å². The quantitative estimate of drug-likeness (QED) is 0.707. The van der Waals surface area contributed by atoms with Crippen molar-refractivity contribution in [2.45, 2.75) is 40.2 Å². The molecule has 0 spiro atoms. The molecular weight excluding hydrogens is 180 g/mol. The van der Waals surface area contributed by atoms with Crippen LogP contribution in [0.4, 0.5) is 0 Å². The Morgan fingerprint density at radius 2 is 1.92 bits per heavy atom. The van der Waals surface area contributed by atoms with Crippen molar-refractivity contribution in [2.24, 2.45) is 11.1 Å². The van der Waals surface area contributed by atoms with Crippen molar-refractivity contribution >= 4 is 17.2 Å². The molecule has 78 valence electrons. The Balaban J connectivity index is 3.96. The van der Waals surface area contributed by atoms with Gasteiger partial charge in [-0.2, -0.15) is 0 Å². The van der Waals surface area contributed by atoms with E-state index in [1.54, 1.807) is 0 Å². The van der Waals surface area contributed by atoms with Crippen molar-refractivity contribution < 1.29 is 0 Å². The first kappa shape index (κ1) is 12.8. The molecule has 0 radical (unpaired) electrons. The van der Waals surface area contributed by atoms with Crippen LogP contribution in [0.15, 0.2) is 0 Å². The van der Waals surface area contributed by atoms with Crippen LogP contribution in [0.5, 0.6) is 0 Å². The molecule has 0 saturated heterocycles. The van der Waals surface area contributed by atoms with E-state index >= 15 is 0 Å². The van der Waals surface area contributed by atoms with Gasteiger partial charge in [-0.05, 0) is 19.4 Å². The molecule has 0 bridgehead atoms. The lowest BCUT2D eigenvalue weighted by Gasteiger charge is -2.31. The van der Waals surface area contributed by atoms with Crippen LogP contribution in [-0.2, 0) is 0 Å². The number of thiocarbonyl (C=S) groups is 1. The molecule has 1 atom stereocenters. The minimum atomic E-state index is 0.333. The molecule has 0 aromatic carbocycles. The van der Waals surface area contributed by atoms with Crippen LogP contribution in [0.25, 0.3) is 0 Å². The van der Waals surface area contributed by atoms with Crippen LogP contribution in [0.3, 0.4) is 0 Å². The topological polar surface area (TPSA) is 29.3 Å². The van der Waals surface area contributed by atoms with E-state index < -0.39 is 0 Å². The van der Waals surface area contributed by atoms with Gasteiger partial charge in [0.15, 0.2) is 0 Å². The average Bonchev–Trinajstić information content (AvgIpc) is 1.81. The molecule has 2 N–H and O–H groups in total. The third-order valence-corrected chi connectivity index (χ3v) is 2.14. The standard InChI is InChI=1S/C10H22N2S/c1-8(6-9(11)13)12(5)7-10(2,3)4/h8H,6-7H2,1-5H3,(H2,11,13). The number of nitrogens with zero attached hydrogens (tertiary/aromatic N) is 1. The van der Waals surface area contributed by atoms with Gasteiger partial charge in [0, 0.05) is 19.0 Å². The molecule has 0 aliphatic heterocycles. The zero-order valence-electron chi connectivity index (χ0n) is 9.42. The maximum atomic E-state index is 5.50. The van der Waals surface area contributed by atoms with Crippen molar-refractivity contribution in [3.63, 3.8) is 0 Å². The summed E-state index contributed by atoms with van der Waals surface area (Å²) in [5.41, 5.74) is 5.83. The van der Waals surface area contributed by atoms with E-state index in [4.69, 9.17) is 18.0 Å². The second-order valence-corrected chi connectivity index (χ2v) is 5.52. The fourth-order valence-corrected chi connectivity index (χ4v) is 1.59. The van der Waals surface area contributed by atoms with E-state index in [0.29, 0.717) is 16.4 Å². The lowest BCUT2D eigenvalue weighted by Crippen LogP contribution is -2.38. The molecule has 0 fully saturated rings. The fourth-order valence-electron chi connectivity index (χ4n) is 1.35. The molecule has 0 aromatic rings. The number of nitrogens with two attached hydrogens (primary N) is 1. The van der Waals surface area contributed by atoms with Crippen molar-refractivity contribution in [1.82, 2.24) is 4.90 Å². The number of hydrogen-bond acceptors (Lipinski definition) is 2. The zero-order chi connectivity index (χ0) is 10.6. The smallest absolute Gasteiger partial charge is 0.0742 e. The summed E-state index contributed by atoms with van der Waals surface area (Å²) in [4.78, 5) is 2.91. The lowest BCUT2D eigenvalue weighted by atomic mass is 9.95. The van der Waals surface area contributed by atoms with Crippen LogP contribution >= 0.6 is 12.2 Å². The molecule has 0 amide bonds. The van der Waals surface area contributed by atoms with E-state index in [2.05, 4.69) is 39.6 Å². The van der Waals surface area contributed by atoms with Crippen LogP contribution in [0.2, 0.25) is 0 Å². The van der Waals surface area contributed by atoms with Gasteiger partial charge >= 0.3 is 0 Å². The van der Waals surface area contributed by atoms with Crippen molar-refractivity contribution in [3.8, 4) is 0 Å². The highest BCUT2D eigenvalue weighted by molar-refractivity contribution is 7.80. The van der Waals surface area contributed by atoms with E-state index in [-0.39, 0.29) is 0 Å². The third kappa shape index (κ3) is 6.96. The SMILES string of the molecule is CC(CC(N)=S)N(C)CC(C)(C)C. The molecule has 0 aromatic heterocycles. The van der Waals surface area contributed by atoms with Gasteiger partial charge in [-0.25, -0.2) is 0 Å². The Morgan fingerprint density at radius 1 is 1.46 bits per heavy atom. The molecule has 2 nitrogen and oxygen atoms in total. The minimum absolute atomic E-state index is 0.333. The summed E-state index contributed by atoms with van der Waals surface area (Å²) >= 11 is 4.88. The molecule has 0 aliphatic rings. The molecule has 13 heavy (non-hydrogen) atoms. The minimum Gasteiger partial charge on any atom is -0.393 e. The maximum Gasteiger partial charge on any atom is 0.0742 e. The second kappa shape index (κ2) is 4.91. The lowest BCUT2D eigenvalue weighted by molar-refractivity contribution is 0.184. The highest BCUT2D eigenvalue weighted by atomic mass is 32.1. The van der Waals surface area contributed by atoms with Gasteiger partial charge in [-0.15, -0.1) is 0 Å². The summed E-state index contributed by atoms with van der Waals surface area (Å²) in [6, 6.07) is 0.441. The summed E-state index contributed by atoms with van der Waals surface area (Å²) in [6.45, 7) is 9.92. The van der Waals surface area contributed by atoms with Gasteiger partial charge in [-0.3, -0.25) is 0 Å². The van der Waals surface area contributed by atoms with Crippen LogP contribution in [-0.4, -0.2) is 29.5 Å². The number of hydrogen-bond donors (Lipinski definition) is 1. The summed E-state index contributed by atoms with van der Waals surface area (Å²) in [5.74, 6) is 0. The van der Waals surface area contributed by atoms with Gasteiger partial charge in [0.2, 0.25) is 0 Å². The average molecular weight is 202 g/mol. The third-order valence-electron chi connectivity index (χ3n) is 1.97. The Bertz CT molecular complexity index is 172. The van der Waals surface area contributed by atoms with Crippen molar-refractivity contribution in [1.29, 1.82) is 0 Å². The largest absolute Gasteiger partial charge is 0.393 e. The van der Waals surface area contributed by atoms with Gasteiger partial charge in [-0.1, -0.05) is 33.0 Å². The Morgan fingerprint density at radius 3 is 2.23 bits per heavy atom. The van der Waals surface area contributed by atoms with Crippen LogP contribution in [0, 0.1) is 5.41 Å². The predicted molar refractivity (Wildman–Crippen MR) is 62.9 cm³/mol. The molecule has 0 aliphatic carbocycles. The molecule has 0 saturated carbocycles. The summed E-state index contributed by atoms with van der Waals surface area (Å²) < 4.78 is 0. The Kier molecular flexibility index (Phi) is 4.86. The summed E-state index contributed by atoms with van der Waals surface area (Å²) in [7, 11) is 2.12. The highest BCUT2D eigenvalue weighted by Crippen LogP contribution is 2.16. The van der Waals surface area contributed by atoms with Gasteiger partial charge in [0.05, 0.1) is 4.99 Å². The first-order chi connectivity index (χ1) is 5.72. The van der Waals surface area contributed by atoms with Gasteiger partial charge in [0.1, 0.15) is 0 Å². The van der Waals surface area contributed by atoms with Crippen LogP contribution in [0.1, 0.15) is 34.1 Å². The molecule has 0 heterocycles. The zero-order valence-corrected chi connectivity index (χ0v) is 10.2. The molecule has 0 rings (SSSR count). The second-order valence-electron chi connectivity index (χ2n) is 5.00. The van der Waals surface area contributed by atoms with Crippen molar-refractivity contribution in [2.75, 3.05) is 13.6 Å². The maximum absolute atomic E-state index is 5.50. The van der Waals surface area contributed by atoms with E-state index in [1.165, 1.54) is 0 Å². The normalized spacial score (nSPS) is 14.6. The Labute approximate surface area is 87.5 Å². The van der Waals surface area contributed by atoms with E-state index in [9.17, 15) is 0 Å². The monoisotopic (exact) mass is 202 g/mol. The first-order valence-electron chi connectivity index (χ1n) is 4.71. The van der Waals surface area contributed by atoms with E-state index in [0.717, 1.165) is 13.0 Å².